The summed E-state index contributed by atoms with van der Waals surface area (Å²) in [6, 6.07) is 0. The molecule has 1 saturated heterocycles. The van der Waals surface area contributed by atoms with Gasteiger partial charge in [0.15, 0.2) is 6.29 Å². The minimum atomic E-state index is -0.900. The molecule has 1 aliphatic heterocycles. The van der Waals surface area contributed by atoms with Crippen molar-refractivity contribution in [2.45, 2.75) is 32.1 Å². The molecule has 100 valence electrons. The van der Waals surface area contributed by atoms with Gasteiger partial charge in [0, 0.05) is 19.8 Å². The molecule has 1 rings (SSSR count). The molecule has 0 aromatic heterocycles. The maximum Gasteiger partial charge on any atom is 0.242 e. The van der Waals surface area contributed by atoms with E-state index in [9.17, 15) is 4.79 Å². The molecule has 3 N–H and O–H groups in total. The van der Waals surface area contributed by atoms with Crippen molar-refractivity contribution in [3.8, 4) is 0 Å². The standard InChI is InChI=1S/C11H22N2O4/c1-3-16-9(17-4-2)7-13-10(14)11(12)5-6-15-8-11/h9H,3-8,12H2,1-2H3,(H,13,14). The molecule has 6 nitrogen and oxygen atoms in total. The first kappa shape index (κ1) is 14.4. The van der Waals surface area contributed by atoms with Crippen molar-refractivity contribution in [1.29, 1.82) is 0 Å². The maximum absolute atomic E-state index is 11.9. The van der Waals surface area contributed by atoms with Crippen LogP contribution in [0.3, 0.4) is 0 Å². The molecule has 0 saturated carbocycles. The average molecular weight is 246 g/mol. The van der Waals surface area contributed by atoms with E-state index in [2.05, 4.69) is 5.32 Å². The Morgan fingerprint density at radius 3 is 2.59 bits per heavy atom. The van der Waals surface area contributed by atoms with Crippen LogP contribution in [0.1, 0.15) is 20.3 Å². The van der Waals surface area contributed by atoms with Crippen LogP contribution in [0.4, 0.5) is 0 Å². The molecule has 1 atom stereocenters. The average Bonchev–Trinajstić information content (AvgIpc) is 2.74. The molecule has 1 amide bonds. The van der Waals surface area contributed by atoms with E-state index in [1.54, 1.807) is 0 Å². The molecule has 0 aromatic carbocycles. The summed E-state index contributed by atoms with van der Waals surface area (Å²) in [5.41, 5.74) is 5.02. The second kappa shape index (κ2) is 6.90. The summed E-state index contributed by atoms with van der Waals surface area (Å²) >= 11 is 0. The largest absolute Gasteiger partial charge is 0.379 e. The van der Waals surface area contributed by atoms with Crippen molar-refractivity contribution in [2.24, 2.45) is 5.73 Å². The molecular formula is C11H22N2O4. The van der Waals surface area contributed by atoms with Crippen molar-refractivity contribution >= 4 is 5.91 Å². The molecular weight excluding hydrogens is 224 g/mol. The predicted molar refractivity (Wildman–Crippen MR) is 62.4 cm³/mol. The van der Waals surface area contributed by atoms with E-state index in [0.717, 1.165) is 0 Å². The number of carbonyl (C=O) groups excluding carboxylic acids is 1. The van der Waals surface area contributed by atoms with E-state index in [1.165, 1.54) is 0 Å². The highest BCUT2D eigenvalue weighted by Crippen LogP contribution is 2.15. The Morgan fingerprint density at radius 1 is 1.47 bits per heavy atom. The Bertz CT molecular complexity index is 236. The zero-order valence-electron chi connectivity index (χ0n) is 10.5. The van der Waals surface area contributed by atoms with E-state index in [0.29, 0.717) is 32.8 Å². The number of nitrogens with one attached hydrogen (secondary N) is 1. The van der Waals surface area contributed by atoms with Gasteiger partial charge in [-0.05, 0) is 20.3 Å². The Hall–Kier alpha value is -0.690. The summed E-state index contributed by atoms with van der Waals surface area (Å²) in [6.07, 6.45) is 0.132. The van der Waals surface area contributed by atoms with Crippen LogP contribution in [0, 0.1) is 0 Å². The number of carbonyl (C=O) groups is 1. The second-order valence-corrected chi connectivity index (χ2v) is 4.01. The molecule has 1 aliphatic rings. The zero-order valence-corrected chi connectivity index (χ0v) is 10.5. The summed E-state index contributed by atoms with van der Waals surface area (Å²) in [6.45, 7) is 5.94. The van der Waals surface area contributed by atoms with Gasteiger partial charge < -0.3 is 25.3 Å². The minimum Gasteiger partial charge on any atom is -0.379 e. The lowest BCUT2D eigenvalue weighted by Gasteiger charge is -2.23. The third-order valence-corrected chi connectivity index (χ3v) is 2.64. The van der Waals surface area contributed by atoms with Gasteiger partial charge in [-0.25, -0.2) is 0 Å². The van der Waals surface area contributed by atoms with Gasteiger partial charge in [0.2, 0.25) is 5.91 Å². The van der Waals surface area contributed by atoms with Gasteiger partial charge in [-0.2, -0.15) is 0 Å². The van der Waals surface area contributed by atoms with Crippen molar-refractivity contribution in [3.63, 3.8) is 0 Å². The molecule has 1 unspecified atom stereocenters. The van der Waals surface area contributed by atoms with Crippen molar-refractivity contribution < 1.29 is 19.0 Å². The van der Waals surface area contributed by atoms with Gasteiger partial charge in [0.1, 0.15) is 5.54 Å². The molecule has 1 heterocycles. The predicted octanol–water partition coefficient (Wildman–Crippen LogP) is -0.380. The number of hydrogen-bond donors (Lipinski definition) is 2. The van der Waals surface area contributed by atoms with E-state index in [4.69, 9.17) is 19.9 Å². The molecule has 0 radical (unpaired) electrons. The van der Waals surface area contributed by atoms with E-state index < -0.39 is 11.8 Å². The van der Waals surface area contributed by atoms with Gasteiger partial charge >= 0.3 is 0 Å². The van der Waals surface area contributed by atoms with Crippen LogP contribution in [0.25, 0.3) is 0 Å². The zero-order chi connectivity index (χ0) is 12.7. The van der Waals surface area contributed by atoms with Crippen LogP contribution in [-0.2, 0) is 19.0 Å². The first-order valence-electron chi connectivity index (χ1n) is 6.00. The number of nitrogens with two attached hydrogens (primary N) is 1. The molecule has 6 heteroatoms. The molecule has 0 aromatic rings. The van der Waals surface area contributed by atoms with Gasteiger partial charge in [-0.15, -0.1) is 0 Å². The molecule has 0 bridgehead atoms. The molecule has 0 spiro atoms. The number of hydrogen-bond acceptors (Lipinski definition) is 5. The molecule has 0 aliphatic carbocycles. The number of amides is 1. The highest BCUT2D eigenvalue weighted by atomic mass is 16.7. The molecule has 17 heavy (non-hydrogen) atoms. The SMILES string of the molecule is CCOC(CNC(=O)C1(N)CCOC1)OCC. The first-order valence-corrected chi connectivity index (χ1v) is 6.00. The molecule has 1 fully saturated rings. The van der Waals surface area contributed by atoms with Crippen LogP contribution in [-0.4, -0.2) is 50.7 Å². The van der Waals surface area contributed by atoms with Crippen molar-refractivity contribution in [1.82, 2.24) is 5.32 Å². The van der Waals surface area contributed by atoms with Crippen molar-refractivity contribution in [2.75, 3.05) is 33.0 Å². The first-order chi connectivity index (χ1) is 8.12. The summed E-state index contributed by atoms with van der Waals surface area (Å²) in [7, 11) is 0. The van der Waals surface area contributed by atoms with Crippen LogP contribution >= 0.6 is 0 Å². The Kier molecular flexibility index (Phi) is 5.84. The van der Waals surface area contributed by atoms with Crippen LogP contribution < -0.4 is 11.1 Å². The summed E-state index contributed by atoms with van der Waals surface area (Å²) in [4.78, 5) is 11.9. The van der Waals surface area contributed by atoms with Gasteiger partial charge in [-0.3, -0.25) is 4.79 Å². The lowest BCUT2D eigenvalue weighted by Crippen LogP contribution is -2.55. The summed E-state index contributed by atoms with van der Waals surface area (Å²) < 4.78 is 15.8. The fourth-order valence-electron chi connectivity index (χ4n) is 1.65. The normalized spacial score (nSPS) is 24.2. The Balaban J connectivity index is 2.34. The Morgan fingerprint density at radius 2 is 2.12 bits per heavy atom. The minimum absolute atomic E-state index is 0.209. The van der Waals surface area contributed by atoms with E-state index in [-0.39, 0.29) is 12.5 Å². The maximum atomic E-state index is 11.9. The lowest BCUT2D eigenvalue weighted by atomic mass is 9.99. The van der Waals surface area contributed by atoms with Crippen LogP contribution in [0.5, 0.6) is 0 Å². The van der Waals surface area contributed by atoms with Crippen LogP contribution in [0.2, 0.25) is 0 Å². The van der Waals surface area contributed by atoms with Gasteiger partial charge in [0.05, 0.1) is 13.2 Å². The second-order valence-electron chi connectivity index (χ2n) is 4.01. The number of rotatable bonds is 7. The fraction of sp³-hybridized carbons (Fsp3) is 0.909. The highest BCUT2D eigenvalue weighted by Gasteiger charge is 2.38. The highest BCUT2D eigenvalue weighted by molar-refractivity contribution is 5.86. The Labute approximate surface area is 102 Å². The summed E-state index contributed by atoms with van der Waals surface area (Å²) in [5.74, 6) is -0.209. The van der Waals surface area contributed by atoms with Crippen molar-refractivity contribution in [3.05, 3.63) is 0 Å². The third kappa shape index (κ3) is 4.23. The van der Waals surface area contributed by atoms with E-state index in [1.807, 2.05) is 13.8 Å². The van der Waals surface area contributed by atoms with E-state index >= 15 is 0 Å². The quantitative estimate of drug-likeness (QED) is 0.598. The van der Waals surface area contributed by atoms with Crippen LogP contribution in [0.15, 0.2) is 0 Å². The number of ether oxygens (including phenoxy) is 3. The topological polar surface area (TPSA) is 82.8 Å². The third-order valence-electron chi connectivity index (χ3n) is 2.64. The smallest absolute Gasteiger partial charge is 0.242 e. The lowest BCUT2D eigenvalue weighted by molar-refractivity contribution is -0.142. The van der Waals surface area contributed by atoms with Gasteiger partial charge in [0.25, 0.3) is 0 Å². The monoisotopic (exact) mass is 246 g/mol. The van der Waals surface area contributed by atoms with Gasteiger partial charge in [-0.1, -0.05) is 0 Å². The fourth-order valence-corrected chi connectivity index (χ4v) is 1.65. The summed E-state index contributed by atoms with van der Waals surface area (Å²) in [5, 5.41) is 2.74.